The zero-order valence-electron chi connectivity index (χ0n) is 16.2. The zero-order chi connectivity index (χ0) is 20.2. The lowest BCUT2D eigenvalue weighted by atomic mass is 10.2. The third kappa shape index (κ3) is 4.80. The molecule has 0 unspecified atom stereocenters. The van der Waals surface area contributed by atoms with E-state index < -0.39 is 9.84 Å². The van der Waals surface area contributed by atoms with Gasteiger partial charge in [-0.1, -0.05) is 25.3 Å². The SMILES string of the molecule is C=Cc1cc(S(=O)(=O)c2ccc(OC(C)C)c(C=C)c2)ccc1OC(C)C. The van der Waals surface area contributed by atoms with Crippen LogP contribution in [0.15, 0.2) is 59.3 Å². The normalized spacial score (nSPS) is 11.5. The summed E-state index contributed by atoms with van der Waals surface area (Å²) in [5.41, 5.74) is 1.27. The Hall–Kier alpha value is -2.53. The molecule has 27 heavy (non-hydrogen) atoms. The molecule has 0 bridgehead atoms. The highest BCUT2D eigenvalue weighted by atomic mass is 32.2. The number of sulfone groups is 1. The van der Waals surface area contributed by atoms with Crippen molar-refractivity contribution in [3.63, 3.8) is 0 Å². The quantitative estimate of drug-likeness (QED) is 0.611. The molecule has 0 aliphatic rings. The molecular formula is C22H26O4S. The first kappa shape index (κ1) is 20.8. The third-order valence-corrected chi connectivity index (χ3v) is 5.50. The van der Waals surface area contributed by atoms with Gasteiger partial charge in [0.15, 0.2) is 0 Å². The van der Waals surface area contributed by atoms with Gasteiger partial charge in [-0.2, -0.15) is 0 Å². The molecule has 4 nitrogen and oxygen atoms in total. The van der Waals surface area contributed by atoms with Crippen LogP contribution in [0.1, 0.15) is 38.8 Å². The van der Waals surface area contributed by atoms with Crippen LogP contribution in [0.2, 0.25) is 0 Å². The Morgan fingerprint density at radius 2 is 1.15 bits per heavy atom. The summed E-state index contributed by atoms with van der Waals surface area (Å²) in [6.07, 6.45) is 3.14. The highest BCUT2D eigenvalue weighted by molar-refractivity contribution is 7.91. The van der Waals surface area contributed by atoms with E-state index in [4.69, 9.17) is 9.47 Å². The van der Waals surface area contributed by atoms with E-state index >= 15 is 0 Å². The van der Waals surface area contributed by atoms with Crippen molar-refractivity contribution in [2.75, 3.05) is 0 Å². The van der Waals surface area contributed by atoms with Crippen molar-refractivity contribution in [3.8, 4) is 11.5 Å². The molecule has 0 amide bonds. The average Bonchev–Trinajstić information content (AvgIpc) is 2.61. The summed E-state index contributed by atoms with van der Waals surface area (Å²) in [5.74, 6) is 1.21. The van der Waals surface area contributed by atoms with Crippen LogP contribution in [0.5, 0.6) is 11.5 Å². The van der Waals surface area contributed by atoms with Gasteiger partial charge in [-0.3, -0.25) is 0 Å². The summed E-state index contributed by atoms with van der Waals surface area (Å²) in [6.45, 7) is 15.2. The van der Waals surface area contributed by atoms with E-state index in [0.717, 1.165) is 0 Å². The second-order valence-electron chi connectivity index (χ2n) is 6.64. The van der Waals surface area contributed by atoms with Gasteiger partial charge in [0.05, 0.1) is 22.0 Å². The second-order valence-corrected chi connectivity index (χ2v) is 8.59. The van der Waals surface area contributed by atoms with Gasteiger partial charge in [0.25, 0.3) is 0 Å². The summed E-state index contributed by atoms with van der Waals surface area (Å²) in [5, 5.41) is 0. The minimum Gasteiger partial charge on any atom is -0.490 e. The molecule has 0 spiro atoms. The minimum atomic E-state index is -3.70. The first-order chi connectivity index (χ1) is 12.7. The molecule has 5 heteroatoms. The van der Waals surface area contributed by atoms with Crippen LogP contribution < -0.4 is 9.47 Å². The molecule has 0 aliphatic carbocycles. The molecule has 0 radical (unpaired) electrons. The van der Waals surface area contributed by atoms with Crippen molar-refractivity contribution in [1.29, 1.82) is 0 Å². The summed E-state index contributed by atoms with van der Waals surface area (Å²) in [6, 6.07) is 9.57. The van der Waals surface area contributed by atoms with Crippen LogP contribution in [0.4, 0.5) is 0 Å². The van der Waals surface area contributed by atoms with Crippen LogP contribution in [0, 0.1) is 0 Å². The van der Waals surface area contributed by atoms with E-state index in [2.05, 4.69) is 13.2 Å². The third-order valence-electron chi connectivity index (χ3n) is 3.75. The molecule has 2 aromatic carbocycles. The number of ether oxygens (including phenoxy) is 2. The molecule has 0 aromatic heterocycles. The predicted molar refractivity (Wildman–Crippen MR) is 110 cm³/mol. The Bertz CT molecular complexity index is 869. The number of rotatable bonds is 8. The molecule has 0 saturated carbocycles. The molecule has 0 atom stereocenters. The number of hydrogen-bond acceptors (Lipinski definition) is 4. The predicted octanol–water partition coefficient (Wildman–Crippen LogP) is 5.38. The maximum absolute atomic E-state index is 13.1. The minimum absolute atomic E-state index is 0.0187. The molecule has 2 aromatic rings. The molecule has 144 valence electrons. The maximum Gasteiger partial charge on any atom is 0.206 e. The van der Waals surface area contributed by atoms with E-state index in [-0.39, 0.29) is 22.0 Å². The summed E-state index contributed by atoms with van der Waals surface area (Å²) < 4.78 is 37.6. The van der Waals surface area contributed by atoms with Gasteiger partial charge >= 0.3 is 0 Å². The fourth-order valence-corrected chi connectivity index (χ4v) is 3.90. The number of benzene rings is 2. The standard InChI is InChI=1S/C22H26O4S/c1-7-17-13-19(9-11-21(17)25-15(3)4)27(23,24)20-10-12-22(26-16(5)6)18(8-2)14-20/h7-16H,1-2H2,3-6H3. The summed E-state index contributed by atoms with van der Waals surface area (Å²) >= 11 is 0. The van der Waals surface area contributed by atoms with Crippen LogP contribution in [0.25, 0.3) is 12.2 Å². The highest BCUT2D eigenvalue weighted by Gasteiger charge is 2.21. The zero-order valence-corrected chi connectivity index (χ0v) is 17.0. The highest BCUT2D eigenvalue weighted by Crippen LogP contribution is 2.31. The van der Waals surface area contributed by atoms with Crippen molar-refractivity contribution >= 4 is 22.0 Å². The Morgan fingerprint density at radius 3 is 1.44 bits per heavy atom. The maximum atomic E-state index is 13.1. The van der Waals surface area contributed by atoms with E-state index in [0.29, 0.717) is 22.6 Å². The van der Waals surface area contributed by atoms with Gasteiger partial charge in [-0.05, 0) is 64.1 Å². The van der Waals surface area contributed by atoms with E-state index in [1.54, 1.807) is 48.6 Å². The fourth-order valence-electron chi connectivity index (χ4n) is 2.57. The largest absolute Gasteiger partial charge is 0.490 e. The monoisotopic (exact) mass is 386 g/mol. The summed E-state index contributed by atoms with van der Waals surface area (Å²) in [4.78, 5) is 0.363. The van der Waals surface area contributed by atoms with Crippen molar-refractivity contribution < 1.29 is 17.9 Å². The molecule has 0 N–H and O–H groups in total. The van der Waals surface area contributed by atoms with Gasteiger partial charge in [-0.25, -0.2) is 8.42 Å². The van der Waals surface area contributed by atoms with Gasteiger partial charge in [-0.15, -0.1) is 0 Å². The van der Waals surface area contributed by atoms with Crippen LogP contribution in [0.3, 0.4) is 0 Å². The molecule has 2 rings (SSSR count). The smallest absolute Gasteiger partial charge is 0.206 e. The number of hydrogen-bond donors (Lipinski definition) is 0. The van der Waals surface area contributed by atoms with E-state index in [9.17, 15) is 8.42 Å². The second kappa shape index (κ2) is 8.44. The summed E-state index contributed by atoms with van der Waals surface area (Å²) in [7, 11) is -3.70. The molecular weight excluding hydrogens is 360 g/mol. The lowest BCUT2D eigenvalue weighted by Gasteiger charge is -2.15. The van der Waals surface area contributed by atoms with Crippen molar-refractivity contribution in [2.24, 2.45) is 0 Å². The average molecular weight is 387 g/mol. The van der Waals surface area contributed by atoms with Crippen molar-refractivity contribution in [3.05, 3.63) is 60.7 Å². The Labute approximate surface area is 162 Å². The Balaban J connectivity index is 2.49. The van der Waals surface area contributed by atoms with Gasteiger partial charge in [0.1, 0.15) is 11.5 Å². The van der Waals surface area contributed by atoms with Crippen LogP contribution in [-0.4, -0.2) is 20.6 Å². The molecule has 0 fully saturated rings. The van der Waals surface area contributed by atoms with E-state index in [1.807, 2.05) is 27.7 Å². The first-order valence-corrected chi connectivity index (χ1v) is 10.3. The van der Waals surface area contributed by atoms with Crippen molar-refractivity contribution in [1.82, 2.24) is 0 Å². The molecule has 0 heterocycles. The van der Waals surface area contributed by atoms with Crippen LogP contribution in [-0.2, 0) is 9.84 Å². The Morgan fingerprint density at radius 1 is 0.778 bits per heavy atom. The van der Waals surface area contributed by atoms with E-state index in [1.165, 1.54) is 0 Å². The van der Waals surface area contributed by atoms with Gasteiger partial charge < -0.3 is 9.47 Å². The van der Waals surface area contributed by atoms with Gasteiger partial charge in [0.2, 0.25) is 9.84 Å². The lowest BCUT2D eigenvalue weighted by molar-refractivity contribution is 0.241. The van der Waals surface area contributed by atoms with Crippen LogP contribution >= 0.6 is 0 Å². The first-order valence-electron chi connectivity index (χ1n) is 8.80. The molecule has 0 aliphatic heterocycles. The fraction of sp³-hybridized carbons (Fsp3) is 0.273. The molecule has 0 saturated heterocycles. The van der Waals surface area contributed by atoms with Gasteiger partial charge in [0, 0.05) is 11.1 Å². The topological polar surface area (TPSA) is 52.6 Å². The Kier molecular flexibility index (Phi) is 6.50. The lowest BCUT2D eigenvalue weighted by Crippen LogP contribution is -2.09. The van der Waals surface area contributed by atoms with Crippen molar-refractivity contribution in [2.45, 2.75) is 49.7 Å².